The van der Waals surface area contributed by atoms with Crippen LogP contribution in [0.4, 0.5) is 5.13 Å². The minimum absolute atomic E-state index is 0.0490. The van der Waals surface area contributed by atoms with Gasteiger partial charge in [-0.3, -0.25) is 10.1 Å². The Hall–Kier alpha value is -2.99. The van der Waals surface area contributed by atoms with E-state index in [9.17, 15) is 4.79 Å². The number of carbonyl (C=O) groups excluding carboxylic acids is 1. The molecule has 0 saturated heterocycles. The maximum absolute atomic E-state index is 12.5. The minimum atomic E-state index is -0.203. The maximum atomic E-state index is 12.5. The topological polar surface area (TPSA) is 64.1 Å². The van der Waals surface area contributed by atoms with Crippen molar-refractivity contribution >= 4 is 22.4 Å². The van der Waals surface area contributed by atoms with Gasteiger partial charge in [-0.25, -0.2) is 0 Å². The van der Waals surface area contributed by atoms with Crippen LogP contribution in [0.1, 0.15) is 47.3 Å². The largest absolute Gasteiger partial charge is 0.486 e. The van der Waals surface area contributed by atoms with E-state index in [0.717, 1.165) is 17.7 Å². The van der Waals surface area contributed by atoms with Gasteiger partial charge in [0.1, 0.15) is 12.4 Å². The number of carbonyl (C=O) groups is 1. The molecule has 0 atom stereocenters. The molecule has 0 radical (unpaired) electrons. The van der Waals surface area contributed by atoms with Crippen molar-refractivity contribution < 1.29 is 9.53 Å². The lowest BCUT2D eigenvalue weighted by molar-refractivity contribution is 0.102. The van der Waals surface area contributed by atoms with Gasteiger partial charge in [0, 0.05) is 5.56 Å². The Morgan fingerprint density at radius 2 is 1.86 bits per heavy atom. The number of aromatic nitrogens is 2. The van der Waals surface area contributed by atoms with Crippen LogP contribution in [-0.4, -0.2) is 16.1 Å². The van der Waals surface area contributed by atoms with Gasteiger partial charge in [-0.2, -0.15) is 0 Å². The molecule has 0 unspecified atom stereocenters. The van der Waals surface area contributed by atoms with E-state index in [1.54, 1.807) is 0 Å². The molecule has 5 nitrogen and oxygen atoms in total. The predicted molar refractivity (Wildman–Crippen MR) is 118 cm³/mol. The van der Waals surface area contributed by atoms with Crippen molar-refractivity contribution in [2.45, 2.75) is 39.2 Å². The highest BCUT2D eigenvalue weighted by atomic mass is 32.1. The van der Waals surface area contributed by atoms with Crippen molar-refractivity contribution in [1.29, 1.82) is 0 Å². The van der Waals surface area contributed by atoms with E-state index < -0.39 is 0 Å². The Morgan fingerprint density at radius 3 is 2.55 bits per heavy atom. The number of nitrogens with zero attached hydrogens (tertiary/aromatic N) is 2. The van der Waals surface area contributed by atoms with Gasteiger partial charge in [-0.05, 0) is 41.2 Å². The summed E-state index contributed by atoms with van der Waals surface area (Å²) in [6.45, 7) is 10.5. The van der Waals surface area contributed by atoms with Crippen molar-refractivity contribution in [3.63, 3.8) is 0 Å². The van der Waals surface area contributed by atoms with E-state index in [2.05, 4.69) is 42.9 Å². The van der Waals surface area contributed by atoms with Gasteiger partial charge in [-0.1, -0.05) is 68.5 Å². The third-order valence-electron chi connectivity index (χ3n) is 4.39. The molecule has 1 aromatic heterocycles. The predicted octanol–water partition coefficient (Wildman–Crippen LogP) is 5.40. The Kier molecular flexibility index (Phi) is 6.44. The normalized spacial score (nSPS) is 11.1. The van der Waals surface area contributed by atoms with Gasteiger partial charge >= 0.3 is 0 Å². The van der Waals surface area contributed by atoms with Crippen LogP contribution in [0.3, 0.4) is 0 Å². The SMILES string of the molecule is C=CCc1ccccc1OCc1nnc(NC(=O)c2ccc(C(C)(C)C)cc2)s1. The Bertz CT molecular complexity index is 988. The Balaban J connectivity index is 1.60. The molecule has 0 saturated carbocycles. The standard InChI is InChI=1S/C23H25N3O2S/c1-5-8-16-9-6-7-10-19(16)28-15-20-25-26-22(29-20)24-21(27)17-11-13-18(14-12-17)23(2,3)4/h5-7,9-14H,1,8,15H2,2-4H3,(H,24,26,27). The van der Waals surface area contributed by atoms with Crippen LogP contribution in [0.2, 0.25) is 0 Å². The van der Waals surface area contributed by atoms with Gasteiger partial charge in [0.25, 0.3) is 5.91 Å². The molecule has 3 aromatic rings. The van der Waals surface area contributed by atoms with Crippen LogP contribution < -0.4 is 10.1 Å². The summed E-state index contributed by atoms with van der Waals surface area (Å²) >= 11 is 1.30. The molecule has 0 aliphatic carbocycles. The van der Waals surface area contributed by atoms with Gasteiger partial charge in [0.15, 0.2) is 5.01 Å². The zero-order chi connectivity index (χ0) is 20.9. The van der Waals surface area contributed by atoms with Crippen LogP contribution in [0.25, 0.3) is 0 Å². The first-order valence-electron chi connectivity index (χ1n) is 9.42. The van der Waals surface area contributed by atoms with E-state index in [-0.39, 0.29) is 11.3 Å². The van der Waals surface area contributed by atoms with Crippen molar-refractivity contribution in [2.24, 2.45) is 0 Å². The van der Waals surface area contributed by atoms with Crippen LogP contribution >= 0.6 is 11.3 Å². The fourth-order valence-electron chi connectivity index (χ4n) is 2.76. The summed E-state index contributed by atoms with van der Waals surface area (Å²) in [6, 6.07) is 15.5. The summed E-state index contributed by atoms with van der Waals surface area (Å²) in [7, 11) is 0. The molecule has 1 heterocycles. The molecule has 1 N–H and O–H groups in total. The lowest BCUT2D eigenvalue weighted by Gasteiger charge is -2.18. The average molecular weight is 408 g/mol. The number of amides is 1. The first kappa shape index (κ1) is 20.7. The van der Waals surface area contributed by atoms with E-state index in [4.69, 9.17) is 4.74 Å². The first-order chi connectivity index (χ1) is 13.9. The highest BCUT2D eigenvalue weighted by Crippen LogP contribution is 2.24. The van der Waals surface area contributed by atoms with Crippen molar-refractivity contribution in [2.75, 3.05) is 5.32 Å². The number of rotatable bonds is 7. The van der Waals surface area contributed by atoms with Crippen molar-refractivity contribution in [3.8, 4) is 5.75 Å². The molecule has 2 aromatic carbocycles. The Labute approximate surface area is 175 Å². The van der Waals surface area contributed by atoms with Crippen LogP contribution in [-0.2, 0) is 18.4 Å². The number of hydrogen-bond donors (Lipinski definition) is 1. The maximum Gasteiger partial charge on any atom is 0.257 e. The van der Waals surface area contributed by atoms with E-state index in [1.165, 1.54) is 16.9 Å². The number of para-hydroxylation sites is 1. The second-order valence-electron chi connectivity index (χ2n) is 7.67. The van der Waals surface area contributed by atoms with Crippen molar-refractivity contribution in [3.05, 3.63) is 82.9 Å². The number of anilines is 1. The molecule has 1 amide bonds. The fraction of sp³-hybridized carbons (Fsp3) is 0.261. The van der Waals surface area contributed by atoms with Crippen molar-refractivity contribution in [1.82, 2.24) is 10.2 Å². The molecular weight excluding hydrogens is 382 g/mol. The van der Waals surface area contributed by atoms with Crippen LogP contribution in [0.5, 0.6) is 5.75 Å². The molecule has 29 heavy (non-hydrogen) atoms. The van der Waals surface area contributed by atoms with Gasteiger partial charge in [0.2, 0.25) is 5.13 Å². The first-order valence-corrected chi connectivity index (χ1v) is 10.2. The monoisotopic (exact) mass is 407 g/mol. The van der Waals surface area contributed by atoms with E-state index >= 15 is 0 Å². The summed E-state index contributed by atoms with van der Waals surface area (Å²) in [6.07, 6.45) is 2.58. The second kappa shape index (κ2) is 9.01. The van der Waals surface area contributed by atoms with E-state index in [1.807, 2.05) is 54.6 Å². The highest BCUT2D eigenvalue weighted by Gasteiger charge is 2.15. The average Bonchev–Trinajstić information content (AvgIpc) is 3.14. The van der Waals surface area contributed by atoms with Crippen LogP contribution in [0, 0.1) is 0 Å². The number of benzene rings is 2. The summed E-state index contributed by atoms with van der Waals surface area (Å²) in [5.74, 6) is 0.595. The number of hydrogen-bond acceptors (Lipinski definition) is 5. The quantitative estimate of drug-likeness (QED) is 0.533. The third-order valence-corrected chi connectivity index (χ3v) is 5.20. The summed E-state index contributed by atoms with van der Waals surface area (Å²) in [5.41, 5.74) is 2.89. The zero-order valence-corrected chi connectivity index (χ0v) is 17.8. The molecule has 0 bridgehead atoms. The van der Waals surface area contributed by atoms with Crippen LogP contribution in [0.15, 0.2) is 61.2 Å². The summed E-state index contributed by atoms with van der Waals surface area (Å²) in [5, 5.41) is 12.1. The second-order valence-corrected chi connectivity index (χ2v) is 8.73. The fourth-order valence-corrected chi connectivity index (χ4v) is 3.41. The van der Waals surface area contributed by atoms with Gasteiger partial charge in [-0.15, -0.1) is 16.8 Å². The molecule has 0 aliphatic heterocycles. The molecule has 0 aliphatic rings. The molecular formula is C23H25N3O2S. The molecule has 150 valence electrons. The zero-order valence-electron chi connectivity index (χ0n) is 16.9. The van der Waals surface area contributed by atoms with Gasteiger partial charge in [0.05, 0.1) is 0 Å². The lowest BCUT2D eigenvalue weighted by atomic mass is 9.87. The number of nitrogens with one attached hydrogen (secondary N) is 1. The molecule has 0 spiro atoms. The summed E-state index contributed by atoms with van der Waals surface area (Å²) < 4.78 is 5.87. The third kappa shape index (κ3) is 5.51. The van der Waals surface area contributed by atoms with Gasteiger partial charge < -0.3 is 4.74 Å². The van der Waals surface area contributed by atoms with E-state index in [0.29, 0.717) is 22.3 Å². The Morgan fingerprint density at radius 1 is 1.14 bits per heavy atom. The summed E-state index contributed by atoms with van der Waals surface area (Å²) in [4.78, 5) is 12.5. The molecule has 6 heteroatoms. The molecule has 3 rings (SSSR count). The number of ether oxygens (including phenoxy) is 1. The lowest BCUT2D eigenvalue weighted by Crippen LogP contribution is -2.14. The number of allylic oxidation sites excluding steroid dienone is 1. The highest BCUT2D eigenvalue weighted by molar-refractivity contribution is 7.15. The molecule has 0 fully saturated rings. The minimum Gasteiger partial charge on any atom is -0.486 e. The smallest absolute Gasteiger partial charge is 0.257 e.